The topological polar surface area (TPSA) is 93.7 Å². The van der Waals surface area contributed by atoms with Crippen molar-refractivity contribution in [3.05, 3.63) is 23.9 Å². The predicted octanol–water partition coefficient (Wildman–Crippen LogP) is 3.40. The van der Waals surface area contributed by atoms with E-state index in [1.54, 1.807) is 6.20 Å². The molecule has 172 valence electrons. The minimum absolute atomic E-state index is 0.332. The van der Waals surface area contributed by atoms with E-state index in [-0.39, 0.29) is 5.82 Å². The maximum atomic E-state index is 14.7. The van der Waals surface area contributed by atoms with Crippen molar-refractivity contribution in [3.63, 3.8) is 0 Å². The zero-order chi connectivity index (χ0) is 21.7. The highest BCUT2D eigenvalue weighted by molar-refractivity contribution is 5.64. The Balaban J connectivity index is 1.08. The number of rotatable bonds is 5. The van der Waals surface area contributed by atoms with Crippen LogP contribution in [0.25, 0.3) is 11.3 Å². The molecule has 1 aliphatic heterocycles. The van der Waals surface area contributed by atoms with Crippen LogP contribution in [0.1, 0.15) is 69.9 Å². The van der Waals surface area contributed by atoms with E-state index >= 15 is 0 Å². The summed E-state index contributed by atoms with van der Waals surface area (Å²) in [4.78, 5) is 8.84. The molecular formula is C24H34FN7. The lowest BCUT2D eigenvalue weighted by atomic mass is 9.87. The molecule has 4 N–H and O–H groups in total. The van der Waals surface area contributed by atoms with Gasteiger partial charge in [0.15, 0.2) is 5.82 Å². The molecule has 6 rings (SSSR count). The molecule has 0 bridgehead atoms. The van der Waals surface area contributed by atoms with E-state index in [4.69, 9.17) is 5.73 Å². The Labute approximate surface area is 188 Å². The van der Waals surface area contributed by atoms with Crippen LogP contribution in [0.4, 0.5) is 10.3 Å². The van der Waals surface area contributed by atoms with Gasteiger partial charge in [-0.2, -0.15) is 5.10 Å². The minimum Gasteiger partial charge on any atom is -0.351 e. The molecule has 3 saturated carbocycles. The van der Waals surface area contributed by atoms with Crippen molar-refractivity contribution in [1.29, 1.82) is 0 Å². The van der Waals surface area contributed by atoms with Crippen molar-refractivity contribution >= 4 is 5.95 Å². The third-order valence-electron chi connectivity index (χ3n) is 8.24. The number of hydrogen-bond acceptors (Lipinski definition) is 6. The molecule has 0 saturated heterocycles. The molecule has 8 heteroatoms. The first-order valence-electron chi connectivity index (χ1n) is 12.4. The fourth-order valence-corrected chi connectivity index (χ4v) is 6.00. The molecule has 3 aliphatic carbocycles. The molecule has 1 spiro atoms. The molecule has 0 radical (unpaired) electrons. The largest absolute Gasteiger partial charge is 0.351 e. The number of hydrogen-bond donors (Lipinski definition) is 3. The summed E-state index contributed by atoms with van der Waals surface area (Å²) >= 11 is 0. The molecule has 4 aliphatic rings. The Morgan fingerprint density at radius 2 is 1.66 bits per heavy atom. The van der Waals surface area contributed by atoms with Crippen LogP contribution in [-0.2, 0) is 13.0 Å². The second kappa shape index (κ2) is 8.06. The number of nitrogens with zero attached hydrogens (tertiary/aromatic N) is 4. The van der Waals surface area contributed by atoms with Crippen LogP contribution in [0.5, 0.6) is 0 Å². The zero-order valence-electron chi connectivity index (χ0n) is 18.7. The number of anilines is 1. The number of fused-ring (bicyclic) bond motifs is 1. The molecule has 3 fully saturated rings. The number of nitrogens with one attached hydrogen (secondary N) is 2. The van der Waals surface area contributed by atoms with Crippen LogP contribution in [0, 0.1) is 11.2 Å². The number of nitrogens with two attached hydrogens (primary N) is 1. The third-order valence-corrected chi connectivity index (χ3v) is 8.24. The minimum atomic E-state index is -0.372. The van der Waals surface area contributed by atoms with E-state index in [1.165, 1.54) is 31.9 Å². The lowest BCUT2D eigenvalue weighted by Gasteiger charge is -2.35. The SMILES string of the molecule is NC1CCC(N[C@H]2CC[C@H](Nc3ncc(F)c(-c4cnn5c4CC4(CC4)C5)n3)CC2)CC1. The Kier molecular flexibility index (Phi) is 5.17. The molecule has 32 heavy (non-hydrogen) atoms. The first-order chi connectivity index (χ1) is 15.6. The second-order valence-electron chi connectivity index (χ2n) is 10.7. The van der Waals surface area contributed by atoms with Crippen molar-refractivity contribution in [3.8, 4) is 11.3 Å². The average molecular weight is 440 g/mol. The highest BCUT2D eigenvalue weighted by atomic mass is 19.1. The highest BCUT2D eigenvalue weighted by Gasteiger charge is 2.49. The lowest BCUT2D eigenvalue weighted by Crippen LogP contribution is -2.45. The monoisotopic (exact) mass is 439 g/mol. The smallest absolute Gasteiger partial charge is 0.223 e. The average Bonchev–Trinajstić information content (AvgIpc) is 3.30. The quantitative estimate of drug-likeness (QED) is 0.661. The molecule has 0 atom stereocenters. The summed E-state index contributed by atoms with van der Waals surface area (Å²) in [6.07, 6.45) is 15.7. The van der Waals surface area contributed by atoms with Gasteiger partial charge in [-0.25, -0.2) is 14.4 Å². The molecule has 0 aromatic carbocycles. The van der Waals surface area contributed by atoms with Crippen LogP contribution in [0.3, 0.4) is 0 Å². The normalized spacial score (nSPS) is 30.9. The van der Waals surface area contributed by atoms with Gasteiger partial charge >= 0.3 is 0 Å². The summed E-state index contributed by atoms with van der Waals surface area (Å²) in [5.74, 6) is 0.154. The van der Waals surface area contributed by atoms with E-state index in [0.29, 0.717) is 41.2 Å². The summed E-state index contributed by atoms with van der Waals surface area (Å²) < 4.78 is 16.7. The van der Waals surface area contributed by atoms with Crippen LogP contribution >= 0.6 is 0 Å². The third kappa shape index (κ3) is 4.03. The molecule has 2 aromatic rings. The van der Waals surface area contributed by atoms with Crippen molar-refractivity contribution < 1.29 is 4.39 Å². The van der Waals surface area contributed by atoms with Gasteiger partial charge in [-0.3, -0.25) is 4.68 Å². The van der Waals surface area contributed by atoms with Crippen molar-refractivity contribution in [1.82, 2.24) is 25.1 Å². The molecular weight excluding hydrogens is 405 g/mol. The van der Waals surface area contributed by atoms with Crippen molar-refractivity contribution in [2.24, 2.45) is 11.1 Å². The van der Waals surface area contributed by atoms with Crippen molar-refractivity contribution in [2.45, 2.75) is 101 Å². The Morgan fingerprint density at radius 3 is 2.38 bits per heavy atom. The van der Waals surface area contributed by atoms with Gasteiger partial charge in [-0.1, -0.05) is 0 Å². The molecule has 7 nitrogen and oxygen atoms in total. The van der Waals surface area contributed by atoms with Gasteiger partial charge in [0.25, 0.3) is 0 Å². The Morgan fingerprint density at radius 1 is 0.969 bits per heavy atom. The van der Waals surface area contributed by atoms with Gasteiger partial charge in [0.1, 0.15) is 5.69 Å². The number of aromatic nitrogens is 4. The van der Waals surface area contributed by atoms with Crippen LogP contribution in [-0.4, -0.2) is 43.9 Å². The first-order valence-corrected chi connectivity index (χ1v) is 12.4. The zero-order valence-corrected chi connectivity index (χ0v) is 18.7. The molecule has 0 unspecified atom stereocenters. The molecule has 3 heterocycles. The van der Waals surface area contributed by atoms with Crippen LogP contribution in [0.2, 0.25) is 0 Å². The van der Waals surface area contributed by atoms with E-state index < -0.39 is 0 Å². The van der Waals surface area contributed by atoms with Crippen LogP contribution in [0.15, 0.2) is 12.4 Å². The predicted molar refractivity (Wildman–Crippen MR) is 122 cm³/mol. The fraction of sp³-hybridized carbons (Fsp3) is 0.708. The number of halogens is 1. The van der Waals surface area contributed by atoms with E-state index in [2.05, 4.69) is 25.7 Å². The van der Waals surface area contributed by atoms with E-state index in [1.807, 2.05) is 4.68 Å². The maximum absolute atomic E-state index is 14.7. The van der Waals surface area contributed by atoms with Gasteiger partial charge in [-0.15, -0.1) is 0 Å². The fourth-order valence-electron chi connectivity index (χ4n) is 6.00. The standard InChI is InChI=1S/C24H34FN7/c25-20-13-27-23(31-22(20)19-12-28-32-14-24(9-10-24)11-21(19)32)30-18-7-5-17(6-8-18)29-16-3-1-15(26)2-4-16/h12-13,15-18,29H,1-11,14,26H2,(H,27,30,31)/t15?,16?,17-,18-. The van der Waals surface area contributed by atoms with Gasteiger partial charge in [0.2, 0.25) is 5.95 Å². The second-order valence-corrected chi connectivity index (χ2v) is 10.7. The summed E-state index contributed by atoms with van der Waals surface area (Å²) in [6, 6.07) is 1.94. The Hall–Kier alpha value is -2.06. The van der Waals surface area contributed by atoms with Crippen LogP contribution < -0.4 is 16.4 Å². The lowest BCUT2D eigenvalue weighted by molar-refractivity contribution is 0.272. The Bertz CT molecular complexity index is 969. The van der Waals surface area contributed by atoms with Gasteiger partial charge in [-0.05, 0) is 76.0 Å². The maximum Gasteiger partial charge on any atom is 0.223 e. The summed E-state index contributed by atoms with van der Waals surface area (Å²) in [5.41, 5.74) is 8.76. The van der Waals surface area contributed by atoms with Gasteiger partial charge in [0.05, 0.1) is 12.4 Å². The highest BCUT2D eigenvalue weighted by Crippen LogP contribution is 2.54. The van der Waals surface area contributed by atoms with Crippen molar-refractivity contribution in [2.75, 3.05) is 5.32 Å². The summed E-state index contributed by atoms with van der Waals surface area (Å²) in [6.45, 7) is 0.963. The summed E-state index contributed by atoms with van der Waals surface area (Å²) in [5, 5.41) is 11.8. The molecule has 0 amide bonds. The van der Waals surface area contributed by atoms with E-state index in [9.17, 15) is 4.39 Å². The first kappa shape index (κ1) is 20.5. The van der Waals surface area contributed by atoms with E-state index in [0.717, 1.165) is 62.7 Å². The van der Waals surface area contributed by atoms with Gasteiger partial charge in [0, 0.05) is 42.0 Å². The summed E-state index contributed by atoms with van der Waals surface area (Å²) in [7, 11) is 0. The molecule has 2 aromatic heterocycles. The van der Waals surface area contributed by atoms with Gasteiger partial charge < -0.3 is 16.4 Å².